The van der Waals surface area contributed by atoms with Gasteiger partial charge in [-0.25, -0.2) is 22.6 Å². The molecule has 25 heavy (non-hydrogen) atoms. The molecule has 0 atom stereocenters. The summed E-state index contributed by atoms with van der Waals surface area (Å²) in [5.41, 5.74) is 3.81. The van der Waals surface area contributed by atoms with E-state index in [4.69, 9.17) is 0 Å². The minimum atomic E-state index is -3.50. The van der Waals surface area contributed by atoms with Crippen molar-refractivity contribution in [3.05, 3.63) is 53.1 Å². The van der Waals surface area contributed by atoms with Crippen molar-refractivity contribution in [1.82, 2.24) is 24.3 Å². The van der Waals surface area contributed by atoms with Gasteiger partial charge in [0.05, 0.1) is 4.90 Å². The second-order valence-corrected chi connectivity index (χ2v) is 7.91. The molecule has 0 amide bonds. The summed E-state index contributed by atoms with van der Waals surface area (Å²) < 4.78 is 29.3. The third-order valence-corrected chi connectivity index (χ3v) is 5.81. The van der Waals surface area contributed by atoms with Gasteiger partial charge in [-0.2, -0.15) is 10.1 Å². The summed E-state index contributed by atoms with van der Waals surface area (Å²) >= 11 is 0. The van der Waals surface area contributed by atoms with Gasteiger partial charge < -0.3 is 0 Å². The molecule has 3 rings (SSSR count). The summed E-state index contributed by atoms with van der Waals surface area (Å²) in [5, 5.41) is 4.04. The predicted molar refractivity (Wildman–Crippen MR) is 94.9 cm³/mol. The van der Waals surface area contributed by atoms with Gasteiger partial charge in [0, 0.05) is 18.9 Å². The molecule has 0 aliphatic heterocycles. The Morgan fingerprint density at radius 2 is 1.84 bits per heavy atom. The molecule has 132 valence electrons. The molecule has 8 heteroatoms. The van der Waals surface area contributed by atoms with Crippen LogP contribution < -0.4 is 4.72 Å². The van der Waals surface area contributed by atoms with Crippen LogP contribution in [0.4, 0.5) is 0 Å². The molecule has 7 nitrogen and oxygen atoms in total. The number of nitrogens with zero attached hydrogens (tertiary/aromatic N) is 4. The number of sulfonamides is 1. The third kappa shape index (κ3) is 3.85. The molecular weight excluding hydrogens is 338 g/mol. The zero-order valence-corrected chi connectivity index (χ0v) is 15.3. The van der Waals surface area contributed by atoms with Crippen LogP contribution in [0.3, 0.4) is 0 Å². The lowest BCUT2D eigenvalue weighted by Crippen LogP contribution is -2.26. The molecule has 0 fully saturated rings. The lowest BCUT2D eigenvalue weighted by atomic mass is 10.1. The first kappa shape index (κ1) is 17.5. The Morgan fingerprint density at radius 3 is 2.64 bits per heavy atom. The average Bonchev–Trinajstić information content (AvgIpc) is 3.02. The largest absolute Gasteiger partial charge is 0.252 e. The predicted octanol–water partition coefficient (Wildman–Crippen LogP) is 1.96. The Bertz CT molecular complexity index is 1010. The van der Waals surface area contributed by atoms with E-state index in [0.29, 0.717) is 30.1 Å². The summed E-state index contributed by atoms with van der Waals surface area (Å²) in [6.45, 7) is 6.08. The summed E-state index contributed by atoms with van der Waals surface area (Å²) in [7, 11) is -3.50. The maximum atomic E-state index is 12.5. The highest BCUT2D eigenvalue weighted by atomic mass is 32.2. The molecule has 0 unspecified atom stereocenters. The first-order valence-electron chi connectivity index (χ1n) is 8.08. The van der Waals surface area contributed by atoms with Gasteiger partial charge in [0.25, 0.3) is 5.78 Å². The van der Waals surface area contributed by atoms with E-state index in [2.05, 4.69) is 19.8 Å². The van der Waals surface area contributed by atoms with Crippen molar-refractivity contribution < 1.29 is 8.42 Å². The van der Waals surface area contributed by atoms with Gasteiger partial charge in [0.1, 0.15) is 6.33 Å². The molecule has 2 aromatic heterocycles. The molecule has 0 spiro atoms. The molecule has 0 aliphatic carbocycles. The minimum Gasteiger partial charge on any atom is -0.219 e. The van der Waals surface area contributed by atoms with Crippen LogP contribution >= 0.6 is 0 Å². The Balaban J connectivity index is 1.61. The summed E-state index contributed by atoms with van der Waals surface area (Å²) in [4.78, 5) is 8.54. The standard InChI is InChI=1S/C17H21N5O2S/c1-12-7-14(3)16(8-13(12)2)25(23,24)21-6-4-5-15-9-18-17-19-11-20-22(17)10-15/h7-11,21H,4-6H2,1-3H3. The number of benzene rings is 1. The topological polar surface area (TPSA) is 89.2 Å². The van der Waals surface area contributed by atoms with E-state index in [1.807, 2.05) is 33.0 Å². The SMILES string of the molecule is Cc1cc(C)c(S(=O)(=O)NCCCc2cnc3ncnn3c2)cc1C. The quantitative estimate of drug-likeness (QED) is 0.680. The Hall–Kier alpha value is -2.32. The molecule has 1 N–H and O–H groups in total. The van der Waals surface area contributed by atoms with Gasteiger partial charge in [0.15, 0.2) is 0 Å². The van der Waals surface area contributed by atoms with E-state index in [1.54, 1.807) is 16.8 Å². The van der Waals surface area contributed by atoms with Crippen molar-refractivity contribution in [2.24, 2.45) is 0 Å². The molecule has 2 heterocycles. The summed E-state index contributed by atoms with van der Waals surface area (Å²) in [6.07, 6.45) is 6.43. The number of aryl methyl sites for hydroxylation is 4. The fourth-order valence-electron chi connectivity index (χ4n) is 2.69. The van der Waals surface area contributed by atoms with Gasteiger partial charge in [-0.1, -0.05) is 6.07 Å². The molecular formula is C17H21N5O2S. The van der Waals surface area contributed by atoms with Crippen LogP contribution in [0.15, 0.2) is 35.7 Å². The Morgan fingerprint density at radius 1 is 1.08 bits per heavy atom. The maximum absolute atomic E-state index is 12.5. The van der Waals surface area contributed by atoms with Crippen molar-refractivity contribution in [2.75, 3.05) is 6.54 Å². The lowest BCUT2D eigenvalue weighted by Gasteiger charge is -2.12. The van der Waals surface area contributed by atoms with E-state index < -0.39 is 10.0 Å². The van der Waals surface area contributed by atoms with Crippen molar-refractivity contribution in [2.45, 2.75) is 38.5 Å². The number of fused-ring (bicyclic) bond motifs is 1. The molecule has 0 radical (unpaired) electrons. The lowest BCUT2D eigenvalue weighted by molar-refractivity contribution is 0.578. The van der Waals surface area contributed by atoms with Crippen LogP contribution in [0.1, 0.15) is 28.7 Å². The van der Waals surface area contributed by atoms with Crippen LogP contribution in [0.5, 0.6) is 0 Å². The fraction of sp³-hybridized carbons (Fsp3) is 0.353. The summed E-state index contributed by atoms with van der Waals surface area (Å²) in [6, 6.07) is 3.64. The molecule has 1 aromatic carbocycles. The van der Waals surface area contributed by atoms with Gasteiger partial charge in [-0.15, -0.1) is 0 Å². The number of aromatic nitrogens is 4. The Labute approximate surface area is 147 Å². The Kier molecular flexibility index (Phi) is 4.82. The van der Waals surface area contributed by atoms with E-state index in [9.17, 15) is 8.42 Å². The third-order valence-electron chi connectivity index (χ3n) is 4.20. The highest BCUT2D eigenvalue weighted by Crippen LogP contribution is 2.19. The van der Waals surface area contributed by atoms with Crippen LogP contribution in [-0.4, -0.2) is 34.5 Å². The van der Waals surface area contributed by atoms with Crippen molar-refractivity contribution in [1.29, 1.82) is 0 Å². The van der Waals surface area contributed by atoms with Gasteiger partial charge in [0.2, 0.25) is 10.0 Å². The number of hydrogen-bond acceptors (Lipinski definition) is 5. The average molecular weight is 359 g/mol. The first-order valence-corrected chi connectivity index (χ1v) is 9.57. The smallest absolute Gasteiger partial charge is 0.219 e. The van der Waals surface area contributed by atoms with Crippen LogP contribution in [0.2, 0.25) is 0 Å². The maximum Gasteiger partial charge on any atom is 0.252 e. The van der Waals surface area contributed by atoms with E-state index in [1.165, 1.54) is 6.33 Å². The summed E-state index contributed by atoms with van der Waals surface area (Å²) in [5.74, 6) is 0.551. The zero-order chi connectivity index (χ0) is 18.0. The second-order valence-electron chi connectivity index (χ2n) is 6.17. The second kappa shape index (κ2) is 6.89. The van der Waals surface area contributed by atoms with Gasteiger partial charge >= 0.3 is 0 Å². The molecule has 0 saturated heterocycles. The molecule has 3 aromatic rings. The zero-order valence-electron chi connectivity index (χ0n) is 14.5. The fourth-order valence-corrected chi connectivity index (χ4v) is 4.07. The van der Waals surface area contributed by atoms with Crippen LogP contribution in [0.25, 0.3) is 5.78 Å². The van der Waals surface area contributed by atoms with E-state index >= 15 is 0 Å². The first-order chi connectivity index (χ1) is 11.9. The van der Waals surface area contributed by atoms with Crippen LogP contribution in [0, 0.1) is 20.8 Å². The highest BCUT2D eigenvalue weighted by molar-refractivity contribution is 7.89. The molecule has 0 saturated carbocycles. The van der Waals surface area contributed by atoms with E-state index in [-0.39, 0.29) is 0 Å². The molecule has 0 aliphatic rings. The minimum absolute atomic E-state index is 0.348. The number of hydrogen-bond donors (Lipinski definition) is 1. The normalized spacial score (nSPS) is 12.0. The van der Waals surface area contributed by atoms with E-state index in [0.717, 1.165) is 22.3 Å². The molecule has 0 bridgehead atoms. The number of nitrogens with one attached hydrogen (secondary N) is 1. The number of rotatable bonds is 6. The van der Waals surface area contributed by atoms with Gasteiger partial charge in [-0.05, 0) is 61.9 Å². The van der Waals surface area contributed by atoms with Crippen LogP contribution in [-0.2, 0) is 16.4 Å². The van der Waals surface area contributed by atoms with Gasteiger partial charge in [-0.3, -0.25) is 0 Å². The monoisotopic (exact) mass is 359 g/mol. The highest BCUT2D eigenvalue weighted by Gasteiger charge is 2.17. The van der Waals surface area contributed by atoms with Crippen molar-refractivity contribution in [3.63, 3.8) is 0 Å². The van der Waals surface area contributed by atoms with Crippen molar-refractivity contribution >= 4 is 15.8 Å². The van der Waals surface area contributed by atoms with Crippen molar-refractivity contribution in [3.8, 4) is 0 Å².